The first-order valence-corrected chi connectivity index (χ1v) is 10.3. The molecule has 2 aromatic carbocycles. The van der Waals surface area contributed by atoms with Crippen LogP contribution in [0, 0.1) is 5.82 Å². The van der Waals surface area contributed by atoms with Gasteiger partial charge in [-0.15, -0.1) is 0 Å². The second-order valence-electron chi connectivity index (χ2n) is 6.24. The van der Waals surface area contributed by atoms with E-state index in [1.54, 1.807) is 18.2 Å². The van der Waals surface area contributed by atoms with Crippen molar-refractivity contribution in [3.63, 3.8) is 0 Å². The standard InChI is InChI=1S/C20H18FN3O6S/c1-29-14-6-7-16(17(11-14)30-2)22-18(25)12-24-20(26)9-8-19(23-24)31(27,28)15-5-3-4-13(21)10-15/h3-11H,12H2,1-2H3,(H,22,25). The maximum atomic E-state index is 13.4. The molecule has 162 valence electrons. The number of aromatic nitrogens is 2. The van der Waals surface area contributed by atoms with E-state index in [9.17, 15) is 22.4 Å². The number of halogens is 1. The van der Waals surface area contributed by atoms with Crippen LogP contribution in [0.4, 0.5) is 10.1 Å². The largest absolute Gasteiger partial charge is 0.497 e. The molecule has 1 amide bonds. The molecule has 11 heteroatoms. The van der Waals surface area contributed by atoms with Gasteiger partial charge in [0.25, 0.3) is 5.56 Å². The van der Waals surface area contributed by atoms with Gasteiger partial charge in [-0.3, -0.25) is 9.59 Å². The topological polar surface area (TPSA) is 117 Å². The van der Waals surface area contributed by atoms with Crippen molar-refractivity contribution >= 4 is 21.4 Å². The highest BCUT2D eigenvalue weighted by Crippen LogP contribution is 2.29. The second-order valence-corrected chi connectivity index (χ2v) is 8.14. The Hall–Kier alpha value is -3.73. The zero-order valence-corrected chi connectivity index (χ0v) is 17.3. The SMILES string of the molecule is COc1ccc(NC(=O)Cn2nc(S(=O)(=O)c3cccc(F)c3)ccc2=O)c(OC)c1. The quantitative estimate of drug-likeness (QED) is 0.588. The molecule has 0 atom stereocenters. The molecule has 0 bridgehead atoms. The van der Waals surface area contributed by atoms with Crippen molar-refractivity contribution in [1.29, 1.82) is 0 Å². The number of amides is 1. The number of nitrogens with zero attached hydrogens (tertiary/aromatic N) is 2. The molecule has 1 heterocycles. The summed E-state index contributed by atoms with van der Waals surface area (Å²) in [4.78, 5) is 24.2. The van der Waals surface area contributed by atoms with Gasteiger partial charge in [-0.05, 0) is 36.4 Å². The maximum Gasteiger partial charge on any atom is 0.267 e. The lowest BCUT2D eigenvalue weighted by molar-refractivity contribution is -0.117. The van der Waals surface area contributed by atoms with E-state index < -0.39 is 38.7 Å². The Morgan fingerprint density at radius 1 is 1.10 bits per heavy atom. The average Bonchev–Trinajstić information content (AvgIpc) is 2.75. The molecule has 3 aromatic rings. The van der Waals surface area contributed by atoms with Crippen LogP contribution in [0.15, 0.2) is 69.3 Å². The zero-order valence-electron chi connectivity index (χ0n) is 16.5. The predicted molar refractivity (Wildman–Crippen MR) is 109 cm³/mol. The van der Waals surface area contributed by atoms with Gasteiger partial charge in [-0.2, -0.15) is 5.10 Å². The molecular formula is C20H18FN3O6S. The summed E-state index contributed by atoms with van der Waals surface area (Å²) < 4.78 is 49.8. The Morgan fingerprint density at radius 3 is 2.55 bits per heavy atom. The Balaban J connectivity index is 1.86. The van der Waals surface area contributed by atoms with E-state index in [0.29, 0.717) is 21.9 Å². The van der Waals surface area contributed by atoms with E-state index in [4.69, 9.17) is 9.47 Å². The first kappa shape index (κ1) is 22.0. The van der Waals surface area contributed by atoms with Crippen molar-refractivity contribution in [2.45, 2.75) is 16.5 Å². The molecule has 1 N–H and O–H groups in total. The van der Waals surface area contributed by atoms with Crippen LogP contribution < -0.4 is 20.3 Å². The van der Waals surface area contributed by atoms with Gasteiger partial charge in [0.05, 0.1) is 24.8 Å². The van der Waals surface area contributed by atoms with E-state index in [1.165, 1.54) is 26.4 Å². The minimum atomic E-state index is -4.19. The molecule has 0 saturated carbocycles. The molecule has 0 unspecified atom stereocenters. The molecule has 31 heavy (non-hydrogen) atoms. The molecule has 1 aromatic heterocycles. The average molecular weight is 447 g/mol. The van der Waals surface area contributed by atoms with Gasteiger partial charge in [-0.1, -0.05) is 6.07 Å². The lowest BCUT2D eigenvalue weighted by Gasteiger charge is -2.12. The number of anilines is 1. The Bertz CT molecular complexity index is 1290. The summed E-state index contributed by atoms with van der Waals surface area (Å²) in [5.74, 6) is -0.529. The number of carbonyl (C=O) groups is 1. The summed E-state index contributed by atoms with van der Waals surface area (Å²) in [5.41, 5.74) is -0.361. The van der Waals surface area contributed by atoms with E-state index in [1.807, 2.05) is 0 Å². The van der Waals surface area contributed by atoms with Crippen LogP contribution in [0.3, 0.4) is 0 Å². The number of carbonyl (C=O) groups excluding carboxylic acids is 1. The monoisotopic (exact) mass is 447 g/mol. The minimum Gasteiger partial charge on any atom is -0.497 e. The van der Waals surface area contributed by atoms with Gasteiger partial charge in [0, 0.05) is 12.1 Å². The molecule has 0 radical (unpaired) electrons. The van der Waals surface area contributed by atoms with Crippen molar-refractivity contribution in [3.05, 3.63) is 70.8 Å². The molecule has 0 aliphatic carbocycles. The third-order valence-electron chi connectivity index (χ3n) is 4.20. The molecular weight excluding hydrogens is 429 g/mol. The highest BCUT2D eigenvalue weighted by molar-refractivity contribution is 7.91. The number of methoxy groups -OCH3 is 2. The number of hydrogen-bond donors (Lipinski definition) is 1. The number of hydrogen-bond acceptors (Lipinski definition) is 7. The Morgan fingerprint density at radius 2 is 1.87 bits per heavy atom. The van der Waals surface area contributed by atoms with Crippen LogP contribution in [0.5, 0.6) is 11.5 Å². The Labute approximate surface area is 177 Å². The lowest BCUT2D eigenvalue weighted by atomic mass is 10.2. The van der Waals surface area contributed by atoms with E-state index in [2.05, 4.69) is 10.4 Å². The highest BCUT2D eigenvalue weighted by atomic mass is 32.2. The summed E-state index contributed by atoms with van der Waals surface area (Å²) in [6.07, 6.45) is 0. The number of rotatable bonds is 7. The van der Waals surface area contributed by atoms with Gasteiger partial charge in [0.1, 0.15) is 23.9 Å². The zero-order chi connectivity index (χ0) is 22.6. The second kappa shape index (κ2) is 8.96. The molecule has 0 spiro atoms. The highest BCUT2D eigenvalue weighted by Gasteiger charge is 2.21. The lowest BCUT2D eigenvalue weighted by Crippen LogP contribution is -2.30. The van der Waals surface area contributed by atoms with Crippen molar-refractivity contribution < 1.29 is 27.1 Å². The van der Waals surface area contributed by atoms with Crippen molar-refractivity contribution in [2.75, 3.05) is 19.5 Å². The number of nitrogens with one attached hydrogen (secondary N) is 1. The van der Waals surface area contributed by atoms with Gasteiger partial charge in [0.15, 0.2) is 5.03 Å². The molecule has 0 aliphatic heterocycles. The smallest absolute Gasteiger partial charge is 0.267 e. The first-order chi connectivity index (χ1) is 14.7. The molecule has 9 nitrogen and oxygen atoms in total. The van der Waals surface area contributed by atoms with E-state index in [0.717, 1.165) is 24.3 Å². The summed E-state index contributed by atoms with van der Waals surface area (Å²) in [5, 5.41) is 5.86. The van der Waals surface area contributed by atoms with Gasteiger partial charge in [-0.25, -0.2) is 17.5 Å². The molecule has 0 fully saturated rings. The van der Waals surface area contributed by atoms with Gasteiger partial charge >= 0.3 is 0 Å². The van der Waals surface area contributed by atoms with Crippen molar-refractivity contribution in [1.82, 2.24) is 9.78 Å². The first-order valence-electron chi connectivity index (χ1n) is 8.85. The third kappa shape index (κ3) is 4.89. The van der Waals surface area contributed by atoms with Crippen LogP contribution in [0.25, 0.3) is 0 Å². The Kier molecular flexibility index (Phi) is 6.35. The molecule has 0 saturated heterocycles. The van der Waals surface area contributed by atoms with Crippen molar-refractivity contribution in [2.24, 2.45) is 0 Å². The third-order valence-corrected chi connectivity index (χ3v) is 5.84. The fourth-order valence-corrected chi connectivity index (χ4v) is 3.89. The predicted octanol–water partition coefficient (Wildman–Crippen LogP) is 1.87. The number of sulfone groups is 1. The van der Waals surface area contributed by atoms with Crippen LogP contribution in [0.1, 0.15) is 0 Å². The fraction of sp³-hybridized carbons (Fsp3) is 0.150. The fourth-order valence-electron chi connectivity index (χ4n) is 2.67. The van der Waals surface area contributed by atoms with E-state index in [-0.39, 0.29) is 4.90 Å². The van der Waals surface area contributed by atoms with Gasteiger partial charge < -0.3 is 14.8 Å². The molecule has 3 rings (SSSR count). The number of ether oxygens (including phenoxy) is 2. The van der Waals surface area contributed by atoms with Crippen LogP contribution in [-0.2, 0) is 21.2 Å². The normalized spacial score (nSPS) is 11.1. The summed E-state index contributed by atoms with van der Waals surface area (Å²) in [6.45, 7) is -0.555. The summed E-state index contributed by atoms with van der Waals surface area (Å²) in [7, 11) is -1.29. The van der Waals surface area contributed by atoms with E-state index >= 15 is 0 Å². The maximum absolute atomic E-state index is 13.4. The molecule has 0 aliphatic rings. The van der Waals surface area contributed by atoms with Crippen LogP contribution >= 0.6 is 0 Å². The van der Waals surface area contributed by atoms with Crippen molar-refractivity contribution in [3.8, 4) is 11.5 Å². The minimum absolute atomic E-state index is 0.322. The number of benzene rings is 2. The van der Waals surface area contributed by atoms with Gasteiger partial charge in [0.2, 0.25) is 15.7 Å². The van der Waals surface area contributed by atoms with Crippen LogP contribution in [-0.4, -0.2) is 38.3 Å². The summed E-state index contributed by atoms with van der Waals surface area (Å²) in [6, 6.07) is 11.1. The van der Waals surface area contributed by atoms with Crippen LogP contribution in [0.2, 0.25) is 0 Å². The summed E-state index contributed by atoms with van der Waals surface area (Å²) >= 11 is 0.